The number of esters is 1. The van der Waals surface area contributed by atoms with Gasteiger partial charge < -0.3 is 10.1 Å². The van der Waals surface area contributed by atoms with Gasteiger partial charge in [-0.2, -0.15) is 5.10 Å². The Bertz CT molecular complexity index is 903. The lowest BCUT2D eigenvalue weighted by atomic mass is 9.95. The van der Waals surface area contributed by atoms with E-state index in [1.807, 2.05) is 20.8 Å². The number of aromatic nitrogens is 2. The molecule has 0 radical (unpaired) electrons. The lowest BCUT2D eigenvalue weighted by Crippen LogP contribution is -2.26. The van der Waals surface area contributed by atoms with E-state index < -0.39 is 6.04 Å². The molecule has 0 saturated heterocycles. The molecule has 0 aromatic carbocycles. The maximum atomic E-state index is 12.9. The number of rotatable bonds is 6. The van der Waals surface area contributed by atoms with Gasteiger partial charge in [-0.15, -0.1) is 11.3 Å². The maximum Gasteiger partial charge on any atom is 0.341 e. The minimum Gasteiger partial charge on any atom is -0.462 e. The number of ether oxygens (including phenoxy) is 1. The van der Waals surface area contributed by atoms with E-state index in [1.165, 1.54) is 16.2 Å². The Labute approximate surface area is 174 Å². The van der Waals surface area contributed by atoms with Crippen molar-refractivity contribution < 1.29 is 14.3 Å². The first-order chi connectivity index (χ1) is 13.3. The summed E-state index contributed by atoms with van der Waals surface area (Å²) in [6, 6.07) is -0.551. The summed E-state index contributed by atoms with van der Waals surface area (Å²) in [6.45, 7) is 7.75. The first-order valence-corrected chi connectivity index (χ1v) is 10.9. The molecule has 3 rings (SSSR count). The van der Waals surface area contributed by atoms with Gasteiger partial charge in [0.05, 0.1) is 28.6 Å². The number of fused-ring (bicyclic) bond motifs is 1. The van der Waals surface area contributed by atoms with Gasteiger partial charge in [-0.1, -0.05) is 18.5 Å². The number of thiophene rings is 1. The molecule has 1 aliphatic carbocycles. The number of hydrogen-bond donors (Lipinski definition) is 1. The molecule has 6 nitrogen and oxygen atoms in total. The maximum absolute atomic E-state index is 12.9. The summed E-state index contributed by atoms with van der Waals surface area (Å²) in [6.07, 6.45) is 4.69. The van der Waals surface area contributed by atoms with Gasteiger partial charge in [-0.3, -0.25) is 9.48 Å². The zero-order valence-electron chi connectivity index (χ0n) is 16.7. The van der Waals surface area contributed by atoms with E-state index in [0.717, 1.165) is 43.4 Å². The molecular weight excluding hydrogens is 398 g/mol. The van der Waals surface area contributed by atoms with Crippen molar-refractivity contribution in [3.63, 3.8) is 0 Å². The van der Waals surface area contributed by atoms with Crippen LogP contribution in [0.25, 0.3) is 0 Å². The summed E-state index contributed by atoms with van der Waals surface area (Å²) in [5.41, 5.74) is 3.00. The lowest BCUT2D eigenvalue weighted by Gasteiger charge is -2.15. The van der Waals surface area contributed by atoms with E-state index in [1.54, 1.807) is 11.6 Å². The van der Waals surface area contributed by atoms with Gasteiger partial charge >= 0.3 is 5.97 Å². The largest absolute Gasteiger partial charge is 0.462 e. The van der Waals surface area contributed by atoms with Crippen molar-refractivity contribution in [1.82, 2.24) is 9.78 Å². The van der Waals surface area contributed by atoms with Crippen LogP contribution in [-0.4, -0.2) is 28.3 Å². The molecule has 28 heavy (non-hydrogen) atoms. The highest BCUT2D eigenvalue weighted by molar-refractivity contribution is 7.17. The number of carbonyl (C=O) groups excluding carboxylic acids is 2. The van der Waals surface area contributed by atoms with Crippen LogP contribution in [-0.2, 0) is 22.4 Å². The predicted octanol–water partition coefficient (Wildman–Crippen LogP) is 4.86. The summed E-state index contributed by atoms with van der Waals surface area (Å²) in [4.78, 5) is 26.8. The predicted molar refractivity (Wildman–Crippen MR) is 112 cm³/mol. The third-order valence-corrected chi connectivity index (χ3v) is 6.79. The van der Waals surface area contributed by atoms with Crippen LogP contribution in [0.3, 0.4) is 0 Å². The van der Waals surface area contributed by atoms with E-state index in [2.05, 4.69) is 10.4 Å². The molecule has 1 aliphatic rings. The van der Waals surface area contributed by atoms with Crippen LogP contribution in [0.5, 0.6) is 0 Å². The molecule has 0 saturated carbocycles. The summed E-state index contributed by atoms with van der Waals surface area (Å²) in [7, 11) is 0. The number of nitrogens with one attached hydrogen (secondary N) is 1. The minimum absolute atomic E-state index is 0.231. The van der Waals surface area contributed by atoms with Gasteiger partial charge in [0.15, 0.2) is 0 Å². The summed E-state index contributed by atoms with van der Waals surface area (Å²) < 4.78 is 7.01. The van der Waals surface area contributed by atoms with Crippen LogP contribution >= 0.6 is 22.9 Å². The highest BCUT2D eigenvalue weighted by Gasteiger charge is 2.29. The van der Waals surface area contributed by atoms with Gasteiger partial charge in [-0.05, 0) is 58.4 Å². The molecule has 8 heteroatoms. The Hall–Kier alpha value is -1.86. The molecule has 0 bridgehead atoms. The van der Waals surface area contributed by atoms with Crippen molar-refractivity contribution in [3.05, 3.63) is 32.4 Å². The normalized spacial score (nSPS) is 14.5. The first kappa shape index (κ1) is 20.9. The van der Waals surface area contributed by atoms with Gasteiger partial charge in [0.2, 0.25) is 5.91 Å². The zero-order chi connectivity index (χ0) is 20.4. The molecule has 152 valence electrons. The molecule has 1 amide bonds. The fraction of sp³-hybridized carbons (Fsp3) is 0.550. The van der Waals surface area contributed by atoms with Crippen molar-refractivity contribution in [2.45, 2.75) is 65.8 Å². The minimum atomic E-state index is -0.551. The molecule has 0 aliphatic heterocycles. The summed E-state index contributed by atoms with van der Waals surface area (Å²) in [5.74, 6) is -0.580. The van der Waals surface area contributed by atoms with E-state index >= 15 is 0 Å². The molecule has 0 spiro atoms. The molecular formula is C20H26ClN3O3S. The smallest absolute Gasteiger partial charge is 0.341 e. The molecule has 2 aromatic rings. The topological polar surface area (TPSA) is 73.2 Å². The fourth-order valence-corrected chi connectivity index (χ4v) is 4.89. The van der Waals surface area contributed by atoms with Crippen LogP contribution in [0, 0.1) is 13.8 Å². The lowest BCUT2D eigenvalue weighted by molar-refractivity contribution is -0.119. The van der Waals surface area contributed by atoms with E-state index in [-0.39, 0.29) is 11.9 Å². The van der Waals surface area contributed by atoms with Crippen LogP contribution in [0.2, 0.25) is 5.02 Å². The number of nitrogens with zero attached hydrogens (tertiary/aromatic N) is 2. The Morgan fingerprint density at radius 2 is 2.04 bits per heavy atom. The summed E-state index contributed by atoms with van der Waals surface area (Å²) in [5, 5.41) is 8.47. The van der Waals surface area contributed by atoms with E-state index in [4.69, 9.17) is 16.3 Å². The highest BCUT2D eigenvalue weighted by Crippen LogP contribution is 2.39. The molecule has 2 heterocycles. The third kappa shape index (κ3) is 3.96. The second-order valence-electron chi connectivity index (χ2n) is 7.15. The van der Waals surface area contributed by atoms with Crippen LogP contribution < -0.4 is 5.32 Å². The SMILES string of the molecule is CCCOC(=O)c1c(NC(=O)C(C)n2nc(C)c(Cl)c2C)sc2c1CCCC2. The second kappa shape index (κ2) is 8.66. The van der Waals surface area contributed by atoms with Crippen molar-refractivity contribution in [3.8, 4) is 0 Å². The van der Waals surface area contributed by atoms with Crippen LogP contribution in [0.15, 0.2) is 0 Å². The van der Waals surface area contributed by atoms with E-state index in [9.17, 15) is 9.59 Å². The fourth-order valence-electron chi connectivity index (χ4n) is 3.48. The molecule has 1 unspecified atom stereocenters. The number of hydrogen-bond acceptors (Lipinski definition) is 5. The number of amides is 1. The van der Waals surface area contributed by atoms with Gasteiger partial charge in [0.1, 0.15) is 11.0 Å². The van der Waals surface area contributed by atoms with Crippen molar-refractivity contribution in [1.29, 1.82) is 0 Å². The monoisotopic (exact) mass is 423 g/mol. The van der Waals surface area contributed by atoms with Crippen molar-refractivity contribution in [2.75, 3.05) is 11.9 Å². The number of halogens is 1. The average Bonchev–Trinajstić information content (AvgIpc) is 3.17. The molecule has 1 N–H and O–H groups in total. The second-order valence-corrected chi connectivity index (χ2v) is 8.63. The van der Waals surface area contributed by atoms with Gasteiger partial charge in [-0.25, -0.2) is 4.79 Å². The number of anilines is 1. The van der Waals surface area contributed by atoms with Crippen molar-refractivity contribution in [2.24, 2.45) is 0 Å². The Morgan fingerprint density at radius 3 is 2.68 bits per heavy atom. The van der Waals surface area contributed by atoms with E-state index in [0.29, 0.717) is 27.9 Å². The average molecular weight is 424 g/mol. The third-order valence-electron chi connectivity index (χ3n) is 5.03. The van der Waals surface area contributed by atoms with Gasteiger partial charge in [0, 0.05) is 4.88 Å². The van der Waals surface area contributed by atoms with Crippen LogP contribution in [0.4, 0.5) is 5.00 Å². The molecule has 0 fully saturated rings. The Morgan fingerprint density at radius 1 is 1.32 bits per heavy atom. The number of carbonyl (C=O) groups is 2. The van der Waals surface area contributed by atoms with Gasteiger partial charge in [0.25, 0.3) is 0 Å². The number of aryl methyl sites for hydroxylation is 2. The quantitative estimate of drug-likeness (QED) is 0.673. The molecule has 2 aromatic heterocycles. The Balaban J connectivity index is 1.88. The first-order valence-electron chi connectivity index (χ1n) is 9.68. The molecule has 1 atom stereocenters. The van der Waals surface area contributed by atoms with Crippen LogP contribution in [0.1, 0.15) is 71.3 Å². The Kier molecular flexibility index (Phi) is 6.45. The zero-order valence-corrected chi connectivity index (χ0v) is 18.3. The highest BCUT2D eigenvalue weighted by atomic mass is 35.5. The standard InChI is InChI=1S/C20H26ClN3O3S/c1-5-10-27-20(26)16-14-8-6-7-9-15(14)28-19(16)22-18(25)13(4)24-12(3)17(21)11(2)23-24/h13H,5-10H2,1-4H3,(H,22,25). The van der Waals surface area contributed by atoms with Crippen molar-refractivity contribution >= 4 is 39.8 Å². The summed E-state index contributed by atoms with van der Waals surface area (Å²) >= 11 is 7.71.